The molecule has 2 rings (SSSR count). The van der Waals surface area contributed by atoms with Crippen LogP contribution in [-0.4, -0.2) is 23.2 Å². The van der Waals surface area contributed by atoms with Gasteiger partial charge in [-0.15, -0.1) is 0 Å². The molecule has 0 radical (unpaired) electrons. The highest BCUT2D eigenvalue weighted by atomic mass is 19.4. The van der Waals surface area contributed by atoms with Gasteiger partial charge in [0, 0.05) is 5.56 Å². The number of methoxy groups -OCH3 is 1. The highest BCUT2D eigenvalue weighted by Gasteiger charge is 2.32. The Bertz CT molecular complexity index is 822. The maximum absolute atomic E-state index is 13.1. The van der Waals surface area contributed by atoms with Crippen LogP contribution in [0.5, 0.6) is 11.6 Å². The quantitative estimate of drug-likeness (QED) is 0.490. The van der Waals surface area contributed by atoms with Crippen molar-refractivity contribution in [2.75, 3.05) is 7.11 Å². The van der Waals surface area contributed by atoms with Gasteiger partial charge in [0.2, 0.25) is 5.88 Å². The first kappa shape index (κ1) is 23.0. The summed E-state index contributed by atoms with van der Waals surface area (Å²) in [6, 6.07) is 3.45. The lowest BCUT2D eigenvalue weighted by Crippen LogP contribution is -2.18. The first-order valence-corrected chi connectivity index (χ1v) is 10.1. The van der Waals surface area contributed by atoms with E-state index in [1.54, 1.807) is 0 Å². The van der Waals surface area contributed by atoms with E-state index in [1.165, 1.54) is 13.2 Å². The van der Waals surface area contributed by atoms with Gasteiger partial charge in [-0.25, -0.2) is 9.97 Å². The molecule has 0 bridgehead atoms. The van der Waals surface area contributed by atoms with E-state index in [-0.39, 0.29) is 11.9 Å². The molecule has 0 saturated carbocycles. The Morgan fingerprint density at radius 1 is 1.00 bits per heavy atom. The fourth-order valence-corrected chi connectivity index (χ4v) is 3.16. The number of alkyl halides is 3. The highest BCUT2D eigenvalue weighted by molar-refractivity contribution is 5.70. The molecule has 2 aromatic rings. The fraction of sp³-hybridized carbons (Fsp3) is 0.545. The van der Waals surface area contributed by atoms with E-state index < -0.39 is 11.7 Å². The molecule has 7 heteroatoms. The first-order chi connectivity index (χ1) is 13.8. The van der Waals surface area contributed by atoms with Gasteiger partial charge >= 0.3 is 6.18 Å². The number of benzene rings is 1. The van der Waals surface area contributed by atoms with Crippen molar-refractivity contribution in [3.63, 3.8) is 0 Å². The van der Waals surface area contributed by atoms with Gasteiger partial charge in [0.25, 0.3) is 0 Å². The molecular formula is C22H29F3N2O2. The highest BCUT2D eigenvalue weighted by Crippen LogP contribution is 2.38. The Morgan fingerprint density at radius 2 is 1.69 bits per heavy atom. The number of ether oxygens (including phenoxy) is 2. The minimum absolute atomic E-state index is 0.0655. The average molecular weight is 410 g/mol. The van der Waals surface area contributed by atoms with Crippen LogP contribution in [0.1, 0.15) is 63.9 Å². The normalized spacial score (nSPS) is 12.7. The van der Waals surface area contributed by atoms with Crippen LogP contribution in [0, 0.1) is 0 Å². The van der Waals surface area contributed by atoms with Crippen molar-refractivity contribution < 1.29 is 22.6 Å². The Balaban J connectivity index is 2.56. The molecular weight excluding hydrogens is 381 g/mol. The number of rotatable bonds is 9. The first-order valence-electron chi connectivity index (χ1n) is 10.1. The van der Waals surface area contributed by atoms with Gasteiger partial charge in [0.1, 0.15) is 17.5 Å². The lowest BCUT2D eigenvalue weighted by Gasteiger charge is -2.20. The van der Waals surface area contributed by atoms with Crippen LogP contribution >= 0.6 is 0 Å². The van der Waals surface area contributed by atoms with Gasteiger partial charge in [-0.1, -0.05) is 34.1 Å². The second kappa shape index (κ2) is 9.94. The van der Waals surface area contributed by atoms with Crippen LogP contribution in [-0.2, 0) is 19.0 Å². The summed E-state index contributed by atoms with van der Waals surface area (Å²) >= 11 is 0. The zero-order valence-electron chi connectivity index (χ0n) is 17.7. The predicted molar refractivity (Wildman–Crippen MR) is 107 cm³/mol. The molecule has 4 nitrogen and oxygen atoms in total. The number of halogens is 3. The molecule has 0 spiro atoms. The van der Waals surface area contributed by atoms with Gasteiger partial charge in [-0.3, -0.25) is 0 Å². The third kappa shape index (κ3) is 5.40. The van der Waals surface area contributed by atoms with E-state index in [1.807, 2.05) is 13.8 Å². The van der Waals surface area contributed by atoms with Crippen LogP contribution in [0.15, 0.2) is 18.2 Å². The topological polar surface area (TPSA) is 44.2 Å². The van der Waals surface area contributed by atoms with Crippen molar-refractivity contribution in [1.82, 2.24) is 9.97 Å². The zero-order chi connectivity index (χ0) is 21.6. The number of hydrogen-bond acceptors (Lipinski definition) is 4. The molecule has 160 valence electrons. The van der Waals surface area contributed by atoms with Crippen molar-refractivity contribution >= 4 is 0 Å². The number of nitrogens with zero attached hydrogens (tertiary/aromatic N) is 2. The second-order valence-corrected chi connectivity index (χ2v) is 6.83. The maximum Gasteiger partial charge on any atom is 0.416 e. The van der Waals surface area contributed by atoms with Crippen LogP contribution < -0.4 is 9.47 Å². The third-order valence-electron chi connectivity index (χ3n) is 4.80. The van der Waals surface area contributed by atoms with Crippen molar-refractivity contribution in [3.8, 4) is 22.9 Å². The Kier molecular flexibility index (Phi) is 7.88. The van der Waals surface area contributed by atoms with E-state index in [0.717, 1.165) is 31.4 Å². The SMILES string of the molecule is CCCC(CC)Oc1nc(CC)c(-c2ccc(C(F)(F)F)cc2OC)nc1CC. The van der Waals surface area contributed by atoms with Crippen molar-refractivity contribution in [1.29, 1.82) is 0 Å². The Morgan fingerprint density at radius 3 is 2.21 bits per heavy atom. The Labute approximate surface area is 170 Å². The molecule has 1 heterocycles. The van der Waals surface area contributed by atoms with Crippen LogP contribution in [0.2, 0.25) is 0 Å². The number of aryl methyl sites for hydroxylation is 2. The van der Waals surface area contributed by atoms with Crippen molar-refractivity contribution in [2.24, 2.45) is 0 Å². The Hall–Kier alpha value is -2.31. The number of aromatic nitrogens is 2. The van der Waals surface area contributed by atoms with E-state index in [0.29, 0.717) is 41.4 Å². The van der Waals surface area contributed by atoms with Crippen LogP contribution in [0.25, 0.3) is 11.3 Å². The lowest BCUT2D eigenvalue weighted by molar-refractivity contribution is -0.137. The molecule has 1 atom stereocenters. The predicted octanol–water partition coefficient (Wildman–Crippen LogP) is 6.25. The molecule has 0 N–H and O–H groups in total. The van der Waals surface area contributed by atoms with Crippen LogP contribution in [0.3, 0.4) is 0 Å². The van der Waals surface area contributed by atoms with Gasteiger partial charge in [0.05, 0.1) is 24.1 Å². The summed E-state index contributed by atoms with van der Waals surface area (Å²) < 4.78 is 50.6. The minimum atomic E-state index is -4.44. The summed E-state index contributed by atoms with van der Waals surface area (Å²) in [6.45, 7) is 8.07. The van der Waals surface area contributed by atoms with E-state index in [9.17, 15) is 13.2 Å². The smallest absolute Gasteiger partial charge is 0.416 e. The van der Waals surface area contributed by atoms with Gasteiger partial charge in [0.15, 0.2) is 0 Å². The van der Waals surface area contributed by atoms with Crippen LogP contribution in [0.4, 0.5) is 13.2 Å². The summed E-state index contributed by atoms with van der Waals surface area (Å²) in [5, 5.41) is 0. The van der Waals surface area contributed by atoms with E-state index in [4.69, 9.17) is 19.4 Å². The molecule has 1 unspecified atom stereocenters. The largest absolute Gasteiger partial charge is 0.496 e. The molecule has 0 aliphatic carbocycles. The molecule has 0 fully saturated rings. The van der Waals surface area contributed by atoms with Crippen molar-refractivity contribution in [2.45, 2.75) is 72.1 Å². The monoisotopic (exact) mass is 410 g/mol. The maximum atomic E-state index is 13.1. The van der Waals surface area contributed by atoms with Crippen molar-refractivity contribution in [3.05, 3.63) is 35.2 Å². The molecule has 0 amide bonds. The van der Waals surface area contributed by atoms with E-state index in [2.05, 4.69) is 13.8 Å². The molecule has 0 aliphatic rings. The number of hydrogen-bond donors (Lipinski definition) is 0. The summed E-state index contributed by atoms with van der Waals surface area (Å²) in [5.74, 6) is 0.635. The average Bonchev–Trinajstić information content (AvgIpc) is 2.71. The molecule has 0 saturated heterocycles. The van der Waals surface area contributed by atoms with Gasteiger partial charge < -0.3 is 9.47 Å². The van der Waals surface area contributed by atoms with E-state index >= 15 is 0 Å². The van der Waals surface area contributed by atoms with Gasteiger partial charge in [-0.2, -0.15) is 13.2 Å². The molecule has 1 aromatic carbocycles. The summed E-state index contributed by atoms with van der Waals surface area (Å²) in [6.07, 6.45) is -0.398. The molecule has 0 aliphatic heterocycles. The zero-order valence-corrected chi connectivity index (χ0v) is 17.7. The standard InChI is InChI=1S/C22H29F3N2O2/c1-6-10-15(7-2)29-21-18(9-4)26-20(17(8-3)27-21)16-12-11-14(22(23,24)25)13-19(16)28-5/h11-13,15H,6-10H2,1-5H3. The minimum Gasteiger partial charge on any atom is -0.496 e. The summed E-state index contributed by atoms with van der Waals surface area (Å²) in [7, 11) is 1.35. The third-order valence-corrected chi connectivity index (χ3v) is 4.80. The molecule has 29 heavy (non-hydrogen) atoms. The second-order valence-electron chi connectivity index (χ2n) is 6.83. The summed E-state index contributed by atoms with van der Waals surface area (Å²) in [5.41, 5.74) is 1.62. The lowest BCUT2D eigenvalue weighted by atomic mass is 10.0. The fourth-order valence-electron chi connectivity index (χ4n) is 3.16. The molecule has 1 aromatic heterocycles. The van der Waals surface area contributed by atoms with Gasteiger partial charge in [-0.05, 0) is 43.9 Å². The summed E-state index contributed by atoms with van der Waals surface area (Å²) in [4.78, 5) is 9.42.